The standard InChI is InChI=1S/C18H19N3O2S/c1-24-12-15-7-8-17(23-15)18(22)20-16(11-21-10-9-19-13-21)14-5-3-2-4-6-14/h2-10,13,16H,11-12H2,1H3,(H,20,22). The number of aromatic nitrogens is 2. The average molecular weight is 341 g/mol. The molecule has 0 spiro atoms. The molecule has 0 aliphatic rings. The van der Waals surface area contributed by atoms with Gasteiger partial charge in [-0.05, 0) is 24.0 Å². The fourth-order valence-corrected chi connectivity index (χ4v) is 2.91. The monoisotopic (exact) mass is 341 g/mol. The molecule has 1 amide bonds. The lowest BCUT2D eigenvalue weighted by Crippen LogP contribution is -2.31. The molecule has 0 saturated carbocycles. The molecule has 1 aromatic carbocycles. The van der Waals surface area contributed by atoms with Crippen LogP contribution in [0.4, 0.5) is 0 Å². The van der Waals surface area contributed by atoms with Gasteiger partial charge in [0.2, 0.25) is 0 Å². The van der Waals surface area contributed by atoms with E-state index in [1.165, 1.54) is 0 Å². The van der Waals surface area contributed by atoms with Crippen LogP contribution in [0.3, 0.4) is 0 Å². The molecular weight excluding hydrogens is 322 g/mol. The second kappa shape index (κ2) is 7.88. The zero-order valence-corrected chi connectivity index (χ0v) is 14.2. The highest BCUT2D eigenvalue weighted by Crippen LogP contribution is 2.18. The number of rotatable bonds is 7. The molecular formula is C18H19N3O2S. The van der Waals surface area contributed by atoms with Gasteiger partial charge < -0.3 is 14.3 Å². The minimum atomic E-state index is -0.212. The Kier molecular flexibility index (Phi) is 5.38. The zero-order valence-electron chi connectivity index (χ0n) is 13.4. The molecule has 3 aromatic rings. The summed E-state index contributed by atoms with van der Waals surface area (Å²) < 4.78 is 7.55. The third-order valence-corrected chi connectivity index (χ3v) is 4.21. The number of hydrogen-bond acceptors (Lipinski definition) is 4. The van der Waals surface area contributed by atoms with Crippen LogP contribution < -0.4 is 5.32 Å². The molecule has 0 aliphatic heterocycles. The zero-order chi connectivity index (χ0) is 16.8. The highest BCUT2D eigenvalue weighted by molar-refractivity contribution is 7.97. The fourth-order valence-electron chi connectivity index (χ4n) is 2.47. The van der Waals surface area contributed by atoms with E-state index in [-0.39, 0.29) is 11.9 Å². The Morgan fingerprint density at radius 1 is 1.29 bits per heavy atom. The van der Waals surface area contributed by atoms with Crippen molar-refractivity contribution in [2.24, 2.45) is 0 Å². The van der Waals surface area contributed by atoms with Gasteiger partial charge in [0, 0.05) is 18.9 Å². The third-order valence-electron chi connectivity index (χ3n) is 3.63. The van der Waals surface area contributed by atoms with Crippen molar-refractivity contribution in [1.29, 1.82) is 0 Å². The molecule has 1 unspecified atom stereocenters. The minimum absolute atomic E-state index is 0.165. The van der Waals surface area contributed by atoms with E-state index in [0.29, 0.717) is 12.3 Å². The van der Waals surface area contributed by atoms with E-state index in [9.17, 15) is 4.79 Å². The first-order valence-corrected chi connectivity index (χ1v) is 9.05. The Morgan fingerprint density at radius 2 is 2.12 bits per heavy atom. The van der Waals surface area contributed by atoms with Gasteiger partial charge in [-0.2, -0.15) is 11.8 Å². The van der Waals surface area contributed by atoms with Gasteiger partial charge in [-0.15, -0.1) is 0 Å². The van der Waals surface area contributed by atoms with Gasteiger partial charge in [0.25, 0.3) is 5.91 Å². The lowest BCUT2D eigenvalue weighted by Gasteiger charge is -2.19. The number of furan rings is 1. The third kappa shape index (κ3) is 4.08. The molecule has 1 N–H and O–H groups in total. The van der Waals surface area contributed by atoms with Gasteiger partial charge in [0.1, 0.15) is 5.76 Å². The number of nitrogens with one attached hydrogen (secondary N) is 1. The number of nitrogens with zero attached hydrogens (tertiary/aromatic N) is 2. The number of benzene rings is 1. The predicted molar refractivity (Wildman–Crippen MR) is 94.8 cm³/mol. The van der Waals surface area contributed by atoms with Crippen LogP contribution in [0.25, 0.3) is 0 Å². The second-order valence-electron chi connectivity index (χ2n) is 5.40. The Hall–Kier alpha value is -2.47. The smallest absolute Gasteiger partial charge is 0.287 e. The summed E-state index contributed by atoms with van der Waals surface area (Å²) >= 11 is 1.66. The number of carbonyl (C=O) groups excluding carboxylic acids is 1. The maximum Gasteiger partial charge on any atom is 0.287 e. The maximum atomic E-state index is 12.5. The number of amides is 1. The van der Waals surface area contributed by atoms with Crippen molar-refractivity contribution in [3.8, 4) is 0 Å². The maximum absolute atomic E-state index is 12.5. The second-order valence-corrected chi connectivity index (χ2v) is 6.26. The largest absolute Gasteiger partial charge is 0.455 e. The van der Waals surface area contributed by atoms with Crippen molar-refractivity contribution in [1.82, 2.24) is 14.9 Å². The van der Waals surface area contributed by atoms with E-state index < -0.39 is 0 Å². The molecule has 0 saturated heterocycles. The van der Waals surface area contributed by atoms with E-state index in [4.69, 9.17) is 4.42 Å². The SMILES string of the molecule is CSCc1ccc(C(=O)NC(Cn2ccnc2)c2ccccc2)o1. The quantitative estimate of drug-likeness (QED) is 0.714. The molecule has 0 aliphatic carbocycles. The van der Waals surface area contributed by atoms with Gasteiger partial charge in [0.15, 0.2) is 5.76 Å². The highest BCUT2D eigenvalue weighted by atomic mass is 32.2. The van der Waals surface area contributed by atoms with E-state index in [0.717, 1.165) is 17.1 Å². The van der Waals surface area contributed by atoms with Crippen LogP contribution in [0.2, 0.25) is 0 Å². The lowest BCUT2D eigenvalue weighted by atomic mass is 10.1. The Labute approximate surface area is 145 Å². The van der Waals surface area contributed by atoms with Crippen molar-refractivity contribution < 1.29 is 9.21 Å². The molecule has 0 fully saturated rings. The molecule has 5 nitrogen and oxygen atoms in total. The van der Waals surface area contributed by atoms with E-state index >= 15 is 0 Å². The van der Waals surface area contributed by atoms with Crippen LogP contribution in [-0.4, -0.2) is 21.7 Å². The number of carbonyl (C=O) groups is 1. The first kappa shape index (κ1) is 16.4. The summed E-state index contributed by atoms with van der Waals surface area (Å²) in [6, 6.07) is 13.3. The topological polar surface area (TPSA) is 60.1 Å². The summed E-state index contributed by atoms with van der Waals surface area (Å²) in [7, 11) is 0. The lowest BCUT2D eigenvalue weighted by molar-refractivity contribution is 0.0903. The summed E-state index contributed by atoms with van der Waals surface area (Å²) in [5.41, 5.74) is 1.04. The van der Waals surface area contributed by atoms with Crippen LogP contribution >= 0.6 is 11.8 Å². The molecule has 0 radical (unpaired) electrons. The van der Waals surface area contributed by atoms with Crippen LogP contribution in [0.1, 0.15) is 27.9 Å². The van der Waals surface area contributed by atoms with Crippen molar-refractivity contribution in [2.45, 2.75) is 18.3 Å². The van der Waals surface area contributed by atoms with Crippen molar-refractivity contribution >= 4 is 17.7 Å². The number of hydrogen-bond donors (Lipinski definition) is 1. The van der Waals surface area contributed by atoms with Crippen molar-refractivity contribution in [3.63, 3.8) is 0 Å². The molecule has 6 heteroatoms. The minimum Gasteiger partial charge on any atom is -0.455 e. The van der Waals surface area contributed by atoms with Crippen LogP contribution in [0.5, 0.6) is 0 Å². The van der Waals surface area contributed by atoms with Crippen molar-refractivity contribution in [3.05, 3.63) is 78.3 Å². The summed E-state index contributed by atoms with van der Waals surface area (Å²) in [5, 5.41) is 3.06. The molecule has 1 atom stereocenters. The fraction of sp³-hybridized carbons (Fsp3) is 0.222. The molecule has 24 heavy (non-hydrogen) atoms. The van der Waals surface area contributed by atoms with E-state index in [1.54, 1.807) is 30.4 Å². The average Bonchev–Trinajstić information content (AvgIpc) is 3.27. The highest BCUT2D eigenvalue weighted by Gasteiger charge is 2.18. The first-order valence-electron chi connectivity index (χ1n) is 7.65. The summed E-state index contributed by atoms with van der Waals surface area (Å²) in [5.74, 6) is 1.69. The Morgan fingerprint density at radius 3 is 2.83 bits per heavy atom. The molecule has 2 aromatic heterocycles. The van der Waals surface area contributed by atoms with Crippen LogP contribution in [0, 0.1) is 0 Å². The summed E-state index contributed by atoms with van der Waals surface area (Å²) in [6.45, 7) is 0.605. The Balaban J connectivity index is 1.76. The normalized spacial score (nSPS) is 12.0. The molecule has 0 bridgehead atoms. The Bertz CT molecular complexity index is 769. The summed E-state index contributed by atoms with van der Waals surface area (Å²) in [4.78, 5) is 16.6. The van der Waals surface area contributed by atoms with Gasteiger partial charge >= 0.3 is 0 Å². The molecule has 2 heterocycles. The van der Waals surface area contributed by atoms with Crippen LogP contribution in [0.15, 0.2) is 65.6 Å². The van der Waals surface area contributed by atoms with E-state index in [2.05, 4.69) is 10.3 Å². The summed E-state index contributed by atoms with van der Waals surface area (Å²) in [6.07, 6.45) is 7.35. The first-order chi connectivity index (χ1) is 11.8. The van der Waals surface area contributed by atoms with Gasteiger partial charge in [0.05, 0.1) is 18.1 Å². The molecule has 3 rings (SSSR count). The van der Waals surface area contributed by atoms with Gasteiger partial charge in [-0.3, -0.25) is 4.79 Å². The van der Waals surface area contributed by atoms with Crippen molar-refractivity contribution in [2.75, 3.05) is 6.26 Å². The molecule has 124 valence electrons. The number of imidazole rings is 1. The van der Waals surface area contributed by atoms with Gasteiger partial charge in [-0.1, -0.05) is 30.3 Å². The predicted octanol–water partition coefficient (Wildman–Crippen LogP) is 3.51. The number of thioether (sulfide) groups is 1. The van der Waals surface area contributed by atoms with Gasteiger partial charge in [-0.25, -0.2) is 4.98 Å². The van der Waals surface area contributed by atoms with E-state index in [1.807, 2.05) is 53.4 Å². The van der Waals surface area contributed by atoms with Crippen LogP contribution in [-0.2, 0) is 12.3 Å².